The van der Waals surface area contributed by atoms with Crippen molar-refractivity contribution in [1.82, 2.24) is 0 Å². The summed E-state index contributed by atoms with van der Waals surface area (Å²) >= 11 is 0. The Kier molecular flexibility index (Phi) is 5.65. The van der Waals surface area contributed by atoms with Gasteiger partial charge in [-0.05, 0) is 44.5 Å². The van der Waals surface area contributed by atoms with E-state index in [0.717, 1.165) is 0 Å². The summed E-state index contributed by atoms with van der Waals surface area (Å²) in [5, 5.41) is 0.185. The van der Waals surface area contributed by atoms with E-state index in [0.29, 0.717) is 6.61 Å². The molecule has 1 saturated heterocycles. The minimum absolute atomic E-state index is 0.00900. The van der Waals surface area contributed by atoms with Gasteiger partial charge in [-0.1, -0.05) is 51.1 Å². The Bertz CT molecular complexity index is 534. The maximum atomic E-state index is 6.65. The highest BCUT2D eigenvalue weighted by atomic mass is 28.4. The number of hydrogen-bond acceptors (Lipinski definition) is 3. The SMILES string of the molecule is C[C@@H](O[Si](C)(C)C(C)(C)C)[C@@H]1OC(C)(C)OC[C@H]1c1ccccc1. The molecular weight excluding hydrogens is 316 g/mol. The molecule has 0 saturated carbocycles. The maximum Gasteiger partial charge on any atom is 0.192 e. The Hall–Kier alpha value is -0.683. The summed E-state index contributed by atoms with van der Waals surface area (Å²) in [5.41, 5.74) is 1.25. The molecule has 24 heavy (non-hydrogen) atoms. The second-order valence-corrected chi connectivity index (χ2v) is 13.7. The van der Waals surface area contributed by atoms with Crippen molar-refractivity contribution in [3.63, 3.8) is 0 Å². The Labute approximate surface area is 148 Å². The molecule has 1 heterocycles. The first-order valence-electron chi connectivity index (χ1n) is 8.97. The molecule has 1 fully saturated rings. The lowest BCUT2D eigenvalue weighted by atomic mass is 9.90. The van der Waals surface area contributed by atoms with Crippen LogP contribution in [0.2, 0.25) is 18.1 Å². The van der Waals surface area contributed by atoms with Gasteiger partial charge in [0.15, 0.2) is 14.1 Å². The molecule has 3 atom stereocenters. The first-order valence-corrected chi connectivity index (χ1v) is 11.9. The van der Waals surface area contributed by atoms with E-state index in [-0.39, 0.29) is 23.2 Å². The van der Waals surface area contributed by atoms with Gasteiger partial charge in [0, 0.05) is 5.92 Å². The summed E-state index contributed by atoms with van der Waals surface area (Å²) in [6, 6.07) is 10.5. The van der Waals surface area contributed by atoms with E-state index in [1.54, 1.807) is 0 Å². The zero-order valence-electron chi connectivity index (χ0n) is 16.6. The summed E-state index contributed by atoms with van der Waals surface area (Å²) in [7, 11) is -1.85. The molecule has 0 radical (unpaired) electrons. The zero-order valence-corrected chi connectivity index (χ0v) is 17.6. The minimum Gasteiger partial charge on any atom is -0.412 e. The van der Waals surface area contributed by atoms with Crippen molar-refractivity contribution < 1.29 is 13.9 Å². The van der Waals surface area contributed by atoms with Crippen LogP contribution in [-0.2, 0) is 13.9 Å². The Morgan fingerprint density at radius 3 is 2.29 bits per heavy atom. The highest BCUT2D eigenvalue weighted by Crippen LogP contribution is 2.40. The van der Waals surface area contributed by atoms with Crippen molar-refractivity contribution in [2.24, 2.45) is 0 Å². The fourth-order valence-corrected chi connectivity index (χ4v) is 4.36. The second-order valence-electron chi connectivity index (χ2n) is 8.89. The third-order valence-corrected chi connectivity index (χ3v) is 9.98. The van der Waals surface area contributed by atoms with Crippen LogP contribution < -0.4 is 0 Å². The molecule has 0 bridgehead atoms. The van der Waals surface area contributed by atoms with Crippen LogP contribution in [0.5, 0.6) is 0 Å². The van der Waals surface area contributed by atoms with Gasteiger partial charge in [0.05, 0.1) is 18.8 Å². The molecule has 0 amide bonds. The molecule has 0 N–H and O–H groups in total. The summed E-state index contributed by atoms with van der Waals surface area (Å²) in [5.74, 6) is -0.375. The predicted octanol–water partition coefficient (Wildman–Crippen LogP) is 5.33. The van der Waals surface area contributed by atoms with Crippen LogP contribution in [0.15, 0.2) is 30.3 Å². The largest absolute Gasteiger partial charge is 0.412 e. The molecule has 3 nitrogen and oxygen atoms in total. The van der Waals surface area contributed by atoms with Gasteiger partial charge in [-0.25, -0.2) is 0 Å². The lowest BCUT2D eigenvalue weighted by Gasteiger charge is -2.46. The predicted molar refractivity (Wildman–Crippen MR) is 102 cm³/mol. The first kappa shape index (κ1) is 19.6. The van der Waals surface area contributed by atoms with Gasteiger partial charge >= 0.3 is 0 Å². The van der Waals surface area contributed by atoms with E-state index in [2.05, 4.69) is 65.1 Å². The lowest BCUT2D eigenvalue weighted by molar-refractivity contribution is -0.293. The van der Waals surface area contributed by atoms with E-state index in [9.17, 15) is 0 Å². The monoisotopic (exact) mass is 350 g/mol. The van der Waals surface area contributed by atoms with Crippen LogP contribution in [0.1, 0.15) is 53.0 Å². The van der Waals surface area contributed by atoms with E-state index in [4.69, 9.17) is 13.9 Å². The van der Waals surface area contributed by atoms with Crippen molar-refractivity contribution in [3.05, 3.63) is 35.9 Å². The second kappa shape index (κ2) is 6.91. The molecule has 4 heteroatoms. The van der Waals surface area contributed by atoms with Gasteiger partial charge in [0.25, 0.3) is 0 Å². The van der Waals surface area contributed by atoms with Gasteiger partial charge in [-0.15, -0.1) is 0 Å². The third-order valence-electron chi connectivity index (χ3n) is 5.40. The van der Waals surface area contributed by atoms with Crippen LogP contribution in [0.3, 0.4) is 0 Å². The van der Waals surface area contributed by atoms with Crippen molar-refractivity contribution in [2.75, 3.05) is 6.61 Å². The summed E-state index contributed by atoms with van der Waals surface area (Å²) in [6.45, 7) is 18.2. The molecular formula is C20H34O3Si. The summed E-state index contributed by atoms with van der Waals surface area (Å²) < 4.78 is 18.9. The van der Waals surface area contributed by atoms with Gasteiger partial charge in [0.2, 0.25) is 0 Å². The molecule has 1 aromatic carbocycles. The molecule has 1 aliphatic heterocycles. The van der Waals surface area contributed by atoms with Crippen molar-refractivity contribution in [2.45, 2.75) is 83.6 Å². The number of benzene rings is 1. The summed E-state index contributed by atoms with van der Waals surface area (Å²) in [6.07, 6.45) is 0.0181. The normalized spacial score (nSPS) is 26.2. The fourth-order valence-electron chi connectivity index (χ4n) is 2.95. The van der Waals surface area contributed by atoms with Crippen LogP contribution in [0, 0.1) is 0 Å². The summed E-state index contributed by atoms with van der Waals surface area (Å²) in [4.78, 5) is 0. The molecule has 0 aromatic heterocycles. The zero-order chi connectivity index (χ0) is 18.2. The molecule has 0 aliphatic carbocycles. The van der Waals surface area contributed by atoms with E-state index in [1.165, 1.54) is 5.56 Å². The molecule has 1 aliphatic rings. The Balaban J connectivity index is 2.24. The van der Waals surface area contributed by atoms with Gasteiger partial charge < -0.3 is 13.9 Å². The van der Waals surface area contributed by atoms with E-state index in [1.807, 2.05) is 19.9 Å². The first-order chi connectivity index (χ1) is 10.9. The topological polar surface area (TPSA) is 27.7 Å². The number of ether oxygens (including phenoxy) is 2. The number of hydrogen-bond donors (Lipinski definition) is 0. The molecule has 1 aromatic rings. The van der Waals surface area contributed by atoms with Gasteiger partial charge in [0.1, 0.15) is 0 Å². The standard InChI is InChI=1S/C20H34O3Si/c1-15(23-24(7,8)19(2,3)4)18-17(14-21-20(5,6)22-18)16-12-10-9-11-13-16/h9-13,15,17-18H,14H2,1-8H3/t15-,17+,18+/m1/s1. The quantitative estimate of drug-likeness (QED) is 0.687. The van der Waals surface area contributed by atoms with Crippen molar-refractivity contribution >= 4 is 8.32 Å². The Morgan fingerprint density at radius 1 is 1.17 bits per heavy atom. The molecule has 2 rings (SSSR count). The highest BCUT2D eigenvalue weighted by Gasteiger charge is 2.45. The molecule has 0 unspecified atom stereocenters. The van der Waals surface area contributed by atoms with Crippen molar-refractivity contribution in [1.29, 1.82) is 0 Å². The average Bonchev–Trinajstić information content (AvgIpc) is 2.45. The van der Waals surface area contributed by atoms with Crippen molar-refractivity contribution in [3.8, 4) is 0 Å². The van der Waals surface area contributed by atoms with Crippen LogP contribution >= 0.6 is 0 Å². The lowest BCUT2D eigenvalue weighted by Crippen LogP contribution is -2.53. The van der Waals surface area contributed by atoms with E-state index >= 15 is 0 Å². The highest BCUT2D eigenvalue weighted by molar-refractivity contribution is 6.74. The van der Waals surface area contributed by atoms with Crippen LogP contribution in [0.4, 0.5) is 0 Å². The molecule has 0 spiro atoms. The third kappa shape index (κ3) is 4.48. The maximum absolute atomic E-state index is 6.65. The smallest absolute Gasteiger partial charge is 0.192 e. The van der Waals surface area contributed by atoms with Crippen LogP contribution in [-0.4, -0.2) is 32.9 Å². The van der Waals surface area contributed by atoms with Crippen LogP contribution in [0.25, 0.3) is 0 Å². The fraction of sp³-hybridized carbons (Fsp3) is 0.700. The van der Waals surface area contributed by atoms with Gasteiger partial charge in [-0.2, -0.15) is 0 Å². The minimum atomic E-state index is -1.85. The van der Waals surface area contributed by atoms with E-state index < -0.39 is 14.1 Å². The number of rotatable bonds is 4. The average molecular weight is 351 g/mol. The molecule has 136 valence electrons. The van der Waals surface area contributed by atoms with Gasteiger partial charge in [-0.3, -0.25) is 0 Å². The Morgan fingerprint density at radius 2 is 1.75 bits per heavy atom.